The monoisotopic (exact) mass is 391 g/mol. The number of primary amides is 1. The van der Waals surface area contributed by atoms with Crippen molar-refractivity contribution in [2.24, 2.45) is 5.73 Å². The van der Waals surface area contributed by atoms with Gasteiger partial charge < -0.3 is 25.7 Å². The van der Waals surface area contributed by atoms with Gasteiger partial charge in [0, 0.05) is 43.1 Å². The van der Waals surface area contributed by atoms with Crippen LogP contribution in [-0.2, 0) is 0 Å². The molecule has 0 atom stereocenters. The molecule has 4 rings (SSSR count). The number of carbonyl (C=O) groups is 1. The summed E-state index contributed by atoms with van der Waals surface area (Å²) in [5, 5.41) is 6.49. The van der Waals surface area contributed by atoms with E-state index >= 15 is 0 Å². The molecular weight excluding hydrogens is 366 g/mol. The fraction of sp³-hybridized carbons (Fsp3) is 0.273. The molecule has 2 aromatic carbocycles. The van der Waals surface area contributed by atoms with Crippen LogP contribution in [0.1, 0.15) is 21.6 Å². The number of aromatic nitrogens is 1. The van der Waals surface area contributed by atoms with Crippen molar-refractivity contribution in [3.63, 3.8) is 0 Å². The Morgan fingerprint density at radius 3 is 2.38 bits per heavy atom. The van der Waals surface area contributed by atoms with Gasteiger partial charge in [-0.2, -0.15) is 0 Å². The highest BCUT2D eigenvalue weighted by atomic mass is 16.4. The number of aryl methyl sites for hydroxylation is 2. The number of rotatable bonds is 5. The van der Waals surface area contributed by atoms with E-state index in [1.165, 1.54) is 5.69 Å². The van der Waals surface area contributed by atoms with Crippen molar-refractivity contribution in [1.29, 1.82) is 0 Å². The minimum Gasteiger partial charge on any atom is -0.419 e. The number of nitrogens with one attached hydrogen (secondary N) is 2. The van der Waals surface area contributed by atoms with Crippen LogP contribution in [0.15, 0.2) is 46.9 Å². The number of nitrogens with zero attached hydrogens (tertiary/aromatic N) is 2. The molecule has 7 nitrogen and oxygen atoms in total. The second-order valence-electron chi connectivity index (χ2n) is 7.35. The molecule has 1 aliphatic rings. The van der Waals surface area contributed by atoms with Crippen molar-refractivity contribution in [2.45, 2.75) is 13.8 Å². The lowest BCUT2D eigenvalue weighted by molar-refractivity contribution is 0.0996. The van der Waals surface area contributed by atoms with E-state index in [9.17, 15) is 4.79 Å². The van der Waals surface area contributed by atoms with Gasteiger partial charge in [0.15, 0.2) is 5.69 Å². The van der Waals surface area contributed by atoms with Crippen LogP contribution < -0.4 is 21.3 Å². The molecule has 4 N–H and O–H groups in total. The minimum atomic E-state index is -0.635. The fourth-order valence-corrected chi connectivity index (χ4v) is 3.60. The molecule has 0 unspecified atom stereocenters. The van der Waals surface area contributed by atoms with Gasteiger partial charge in [0.1, 0.15) is 0 Å². The SMILES string of the molecule is Cc1cc(C)cc(-c2nc(C(N)=O)c(Nc3ccc(N4CCNCC4)cc3)o2)c1. The molecule has 1 fully saturated rings. The predicted octanol–water partition coefficient (Wildman–Crippen LogP) is 3.21. The molecule has 3 aromatic rings. The Morgan fingerprint density at radius 2 is 1.76 bits per heavy atom. The Morgan fingerprint density at radius 1 is 1.10 bits per heavy atom. The van der Waals surface area contributed by atoms with Crippen LogP contribution in [0.5, 0.6) is 0 Å². The summed E-state index contributed by atoms with van der Waals surface area (Å²) in [6.45, 7) is 7.96. The van der Waals surface area contributed by atoms with Gasteiger partial charge in [0.2, 0.25) is 11.8 Å². The first-order valence-corrected chi connectivity index (χ1v) is 9.71. The first-order chi connectivity index (χ1) is 14.0. The van der Waals surface area contributed by atoms with E-state index in [-0.39, 0.29) is 11.6 Å². The summed E-state index contributed by atoms with van der Waals surface area (Å²) in [5.41, 5.74) is 10.6. The first kappa shape index (κ1) is 19.0. The average Bonchev–Trinajstić information content (AvgIpc) is 3.13. The van der Waals surface area contributed by atoms with Crippen LogP contribution in [0.25, 0.3) is 11.5 Å². The molecule has 1 saturated heterocycles. The number of oxazole rings is 1. The molecule has 150 valence electrons. The number of anilines is 3. The van der Waals surface area contributed by atoms with E-state index in [4.69, 9.17) is 10.2 Å². The number of nitrogens with two attached hydrogens (primary N) is 1. The molecule has 7 heteroatoms. The van der Waals surface area contributed by atoms with E-state index < -0.39 is 5.91 Å². The Bertz CT molecular complexity index is 1000. The van der Waals surface area contributed by atoms with Crippen molar-refractivity contribution in [3.8, 4) is 11.5 Å². The third-order valence-corrected chi connectivity index (χ3v) is 4.94. The van der Waals surface area contributed by atoms with Crippen molar-refractivity contribution in [3.05, 3.63) is 59.3 Å². The molecule has 0 spiro atoms. The van der Waals surface area contributed by atoms with Crippen LogP contribution >= 0.6 is 0 Å². The van der Waals surface area contributed by atoms with Gasteiger partial charge in [-0.3, -0.25) is 4.79 Å². The van der Waals surface area contributed by atoms with Crippen molar-refractivity contribution < 1.29 is 9.21 Å². The summed E-state index contributed by atoms with van der Waals surface area (Å²) in [4.78, 5) is 18.6. The smallest absolute Gasteiger partial charge is 0.273 e. The van der Waals surface area contributed by atoms with Crippen LogP contribution in [0, 0.1) is 13.8 Å². The zero-order valence-electron chi connectivity index (χ0n) is 16.7. The highest BCUT2D eigenvalue weighted by Crippen LogP contribution is 2.30. The quantitative estimate of drug-likeness (QED) is 0.618. The summed E-state index contributed by atoms with van der Waals surface area (Å²) >= 11 is 0. The number of hydrogen-bond acceptors (Lipinski definition) is 6. The normalized spacial score (nSPS) is 14.1. The van der Waals surface area contributed by atoms with Gasteiger partial charge in [-0.25, -0.2) is 4.98 Å². The largest absolute Gasteiger partial charge is 0.419 e. The van der Waals surface area contributed by atoms with E-state index in [0.29, 0.717) is 5.89 Å². The summed E-state index contributed by atoms with van der Waals surface area (Å²) < 4.78 is 5.88. The minimum absolute atomic E-state index is 0.0883. The first-order valence-electron chi connectivity index (χ1n) is 9.71. The highest BCUT2D eigenvalue weighted by Gasteiger charge is 2.20. The summed E-state index contributed by atoms with van der Waals surface area (Å²) in [6, 6.07) is 14.0. The van der Waals surface area contributed by atoms with Crippen LogP contribution in [-0.4, -0.2) is 37.1 Å². The van der Waals surface area contributed by atoms with Crippen molar-refractivity contribution in [2.75, 3.05) is 36.4 Å². The average molecular weight is 391 g/mol. The Hall–Kier alpha value is -3.32. The van der Waals surface area contributed by atoms with Gasteiger partial charge in [-0.1, -0.05) is 17.2 Å². The second kappa shape index (κ2) is 7.97. The molecular formula is C22H25N5O2. The fourth-order valence-electron chi connectivity index (χ4n) is 3.60. The van der Waals surface area contributed by atoms with Crippen LogP contribution in [0.4, 0.5) is 17.3 Å². The van der Waals surface area contributed by atoms with Crippen molar-refractivity contribution in [1.82, 2.24) is 10.3 Å². The lowest BCUT2D eigenvalue weighted by atomic mass is 10.1. The van der Waals surface area contributed by atoms with Crippen LogP contribution in [0.3, 0.4) is 0 Å². The van der Waals surface area contributed by atoms with E-state index in [2.05, 4.69) is 38.7 Å². The molecule has 0 aliphatic carbocycles. The number of hydrogen-bond donors (Lipinski definition) is 3. The topological polar surface area (TPSA) is 96.4 Å². The molecule has 1 aliphatic heterocycles. The zero-order chi connectivity index (χ0) is 20.4. The maximum absolute atomic E-state index is 11.9. The summed E-state index contributed by atoms with van der Waals surface area (Å²) in [7, 11) is 0. The van der Waals surface area contributed by atoms with Gasteiger partial charge in [0.05, 0.1) is 0 Å². The zero-order valence-corrected chi connectivity index (χ0v) is 16.7. The second-order valence-corrected chi connectivity index (χ2v) is 7.35. The molecule has 0 bridgehead atoms. The van der Waals surface area contributed by atoms with Crippen LogP contribution in [0.2, 0.25) is 0 Å². The molecule has 0 saturated carbocycles. The molecule has 29 heavy (non-hydrogen) atoms. The standard InChI is InChI=1S/C22H25N5O2/c1-14-11-15(2)13-16(12-14)21-26-19(20(23)28)22(29-21)25-17-3-5-18(6-4-17)27-9-7-24-8-10-27/h3-6,11-13,24-25H,7-10H2,1-2H3,(H2,23,28). The lowest BCUT2D eigenvalue weighted by Gasteiger charge is -2.29. The van der Waals surface area contributed by atoms with E-state index in [1.54, 1.807) is 0 Å². The third kappa shape index (κ3) is 4.25. The Kier molecular flexibility index (Phi) is 5.22. The van der Waals surface area contributed by atoms with Gasteiger partial charge in [-0.15, -0.1) is 0 Å². The number of carbonyl (C=O) groups excluding carboxylic acids is 1. The Labute approximate surface area is 169 Å². The molecule has 1 amide bonds. The van der Waals surface area contributed by atoms with Crippen molar-refractivity contribution >= 4 is 23.2 Å². The van der Waals surface area contributed by atoms with Gasteiger partial charge in [-0.05, 0) is 50.2 Å². The molecule has 1 aromatic heterocycles. The highest BCUT2D eigenvalue weighted by molar-refractivity contribution is 5.96. The lowest BCUT2D eigenvalue weighted by Crippen LogP contribution is -2.43. The Balaban J connectivity index is 1.59. The van der Waals surface area contributed by atoms with Gasteiger partial charge in [0.25, 0.3) is 5.91 Å². The van der Waals surface area contributed by atoms with E-state index in [0.717, 1.165) is 48.6 Å². The summed E-state index contributed by atoms with van der Waals surface area (Å²) in [6.07, 6.45) is 0. The van der Waals surface area contributed by atoms with Gasteiger partial charge >= 0.3 is 0 Å². The predicted molar refractivity (Wildman–Crippen MR) is 115 cm³/mol. The maximum Gasteiger partial charge on any atom is 0.273 e. The number of amides is 1. The number of piperazine rings is 1. The maximum atomic E-state index is 11.9. The third-order valence-electron chi connectivity index (χ3n) is 4.94. The summed E-state index contributed by atoms with van der Waals surface area (Å²) in [5.74, 6) is -0.0172. The number of benzene rings is 2. The van der Waals surface area contributed by atoms with E-state index in [1.807, 2.05) is 38.1 Å². The molecule has 0 radical (unpaired) electrons. The molecule has 2 heterocycles.